The van der Waals surface area contributed by atoms with Crippen LogP contribution in [0.15, 0.2) is 28.8 Å². The Morgan fingerprint density at radius 2 is 2.04 bits per heavy atom. The summed E-state index contributed by atoms with van der Waals surface area (Å²) in [6.45, 7) is 5.15. The first-order valence-electron chi connectivity index (χ1n) is 8.01. The van der Waals surface area contributed by atoms with Crippen LogP contribution in [-0.4, -0.2) is 43.5 Å². The Labute approximate surface area is 154 Å². The molecular formula is C16H20N4O7. The van der Waals surface area contributed by atoms with E-state index in [4.69, 9.17) is 9.15 Å². The predicted octanol–water partition coefficient (Wildman–Crippen LogP) is 1.95. The molecule has 0 saturated heterocycles. The second kappa shape index (κ2) is 7.89. The molecule has 27 heavy (non-hydrogen) atoms. The minimum absolute atomic E-state index is 0.0895. The minimum atomic E-state index is -1.23. The smallest absolute Gasteiger partial charge is 0.408 e. The number of nitrogens with one attached hydrogen (secondary N) is 1. The lowest BCUT2D eigenvalue weighted by Gasteiger charge is -2.21. The van der Waals surface area contributed by atoms with Gasteiger partial charge in [-0.1, -0.05) is 0 Å². The SMILES string of the molecule is CC(C)(C)OC(=O)NC(Cc1ccc(Cn2ccc([N+](=O)[O-])n2)o1)C(=O)O. The summed E-state index contributed by atoms with van der Waals surface area (Å²) in [5, 5.41) is 26.0. The molecule has 0 saturated carbocycles. The fourth-order valence-corrected chi connectivity index (χ4v) is 2.16. The van der Waals surface area contributed by atoms with Crippen molar-refractivity contribution in [3.63, 3.8) is 0 Å². The summed E-state index contributed by atoms with van der Waals surface area (Å²) in [5.41, 5.74) is -0.753. The number of carbonyl (C=O) groups excluding carboxylic acids is 1. The Kier molecular flexibility index (Phi) is 5.83. The highest BCUT2D eigenvalue weighted by atomic mass is 16.6. The molecule has 0 fully saturated rings. The Balaban J connectivity index is 1.99. The first-order chi connectivity index (χ1) is 12.5. The molecule has 2 rings (SSSR count). The summed E-state index contributed by atoms with van der Waals surface area (Å²) < 4.78 is 11.9. The number of aromatic nitrogens is 2. The van der Waals surface area contributed by atoms with Crippen LogP contribution in [0.2, 0.25) is 0 Å². The number of carboxylic acids is 1. The summed E-state index contributed by atoms with van der Waals surface area (Å²) in [6.07, 6.45) is 0.503. The number of carbonyl (C=O) groups is 2. The highest BCUT2D eigenvalue weighted by Gasteiger charge is 2.25. The summed E-state index contributed by atoms with van der Waals surface area (Å²) in [4.78, 5) is 33.2. The highest BCUT2D eigenvalue weighted by Crippen LogP contribution is 2.14. The standard InChI is InChI=1S/C16H20N4O7/c1-16(2,3)27-15(23)17-12(14(21)22)8-10-4-5-11(26-10)9-19-7-6-13(18-19)20(24)25/h4-7,12H,8-9H2,1-3H3,(H,17,23)(H,21,22). The maximum absolute atomic E-state index is 11.8. The number of rotatable bonds is 7. The molecule has 0 aliphatic heterocycles. The van der Waals surface area contributed by atoms with Gasteiger partial charge in [0.15, 0.2) is 0 Å². The van der Waals surface area contributed by atoms with Gasteiger partial charge in [0.05, 0.1) is 17.4 Å². The van der Waals surface area contributed by atoms with E-state index in [0.29, 0.717) is 11.5 Å². The molecule has 0 aliphatic carbocycles. The van der Waals surface area contributed by atoms with Gasteiger partial charge in [-0.25, -0.2) is 9.59 Å². The topological polar surface area (TPSA) is 150 Å². The molecule has 2 heterocycles. The molecule has 0 bridgehead atoms. The van der Waals surface area contributed by atoms with E-state index in [2.05, 4.69) is 10.4 Å². The predicted molar refractivity (Wildman–Crippen MR) is 91.2 cm³/mol. The van der Waals surface area contributed by atoms with Crippen molar-refractivity contribution in [1.82, 2.24) is 15.1 Å². The molecule has 2 aromatic rings. The zero-order chi connectivity index (χ0) is 20.2. The van der Waals surface area contributed by atoms with E-state index in [1.54, 1.807) is 32.9 Å². The first-order valence-corrected chi connectivity index (χ1v) is 8.01. The Morgan fingerprint density at radius 3 is 2.59 bits per heavy atom. The Morgan fingerprint density at radius 1 is 1.37 bits per heavy atom. The maximum atomic E-state index is 11.8. The molecule has 0 aliphatic rings. The zero-order valence-electron chi connectivity index (χ0n) is 15.0. The summed E-state index contributed by atoms with van der Waals surface area (Å²) in [7, 11) is 0. The van der Waals surface area contributed by atoms with Crippen LogP contribution in [0.5, 0.6) is 0 Å². The molecule has 2 aromatic heterocycles. The average molecular weight is 380 g/mol. The van der Waals surface area contributed by atoms with Gasteiger partial charge in [0, 0.05) is 6.42 Å². The van der Waals surface area contributed by atoms with Crippen LogP contribution in [0.25, 0.3) is 0 Å². The molecular weight excluding hydrogens is 360 g/mol. The van der Waals surface area contributed by atoms with Crippen LogP contribution in [-0.2, 0) is 22.5 Å². The van der Waals surface area contributed by atoms with Gasteiger partial charge in [0.2, 0.25) is 0 Å². The lowest BCUT2D eigenvalue weighted by atomic mass is 10.1. The van der Waals surface area contributed by atoms with Gasteiger partial charge < -0.3 is 29.7 Å². The second-order valence-corrected chi connectivity index (χ2v) is 6.74. The molecule has 1 atom stereocenters. The quantitative estimate of drug-likeness (QED) is 0.546. The molecule has 11 heteroatoms. The molecule has 0 aromatic carbocycles. The normalized spacial score (nSPS) is 12.4. The average Bonchev–Trinajstić information content (AvgIpc) is 3.14. The van der Waals surface area contributed by atoms with Crippen LogP contribution in [0, 0.1) is 10.1 Å². The molecule has 2 N–H and O–H groups in total. The molecule has 11 nitrogen and oxygen atoms in total. The first kappa shape index (κ1) is 19.9. The van der Waals surface area contributed by atoms with E-state index in [1.807, 2.05) is 0 Å². The molecule has 146 valence electrons. The highest BCUT2D eigenvalue weighted by molar-refractivity contribution is 5.80. The number of furan rings is 1. The van der Waals surface area contributed by atoms with Gasteiger partial charge in [0.25, 0.3) is 0 Å². The van der Waals surface area contributed by atoms with Gasteiger partial charge >= 0.3 is 17.9 Å². The van der Waals surface area contributed by atoms with E-state index >= 15 is 0 Å². The molecule has 1 amide bonds. The number of aliphatic carboxylic acids is 1. The van der Waals surface area contributed by atoms with Crippen molar-refractivity contribution in [2.75, 3.05) is 0 Å². The van der Waals surface area contributed by atoms with Gasteiger partial charge in [-0.3, -0.25) is 0 Å². The third kappa shape index (κ3) is 6.13. The van der Waals surface area contributed by atoms with E-state index in [-0.39, 0.29) is 18.8 Å². The molecule has 0 radical (unpaired) electrons. The van der Waals surface area contributed by atoms with Crippen LogP contribution < -0.4 is 5.32 Å². The number of carboxylic acid groups (broad SMARTS) is 1. The monoisotopic (exact) mass is 380 g/mol. The number of hydrogen-bond acceptors (Lipinski definition) is 7. The number of nitro groups is 1. The molecule has 1 unspecified atom stereocenters. The summed E-state index contributed by atoms with van der Waals surface area (Å²) >= 11 is 0. The van der Waals surface area contributed by atoms with Crippen molar-refractivity contribution in [3.8, 4) is 0 Å². The van der Waals surface area contributed by atoms with Crippen molar-refractivity contribution in [1.29, 1.82) is 0 Å². The maximum Gasteiger partial charge on any atom is 0.408 e. The van der Waals surface area contributed by atoms with E-state index in [9.17, 15) is 24.8 Å². The van der Waals surface area contributed by atoms with Crippen LogP contribution in [0.4, 0.5) is 10.6 Å². The fourth-order valence-electron chi connectivity index (χ4n) is 2.16. The van der Waals surface area contributed by atoms with Gasteiger partial charge in [-0.15, -0.1) is 0 Å². The largest absolute Gasteiger partial charge is 0.480 e. The number of alkyl carbamates (subject to hydrolysis) is 1. The van der Waals surface area contributed by atoms with Crippen LogP contribution in [0.1, 0.15) is 32.3 Å². The number of ether oxygens (including phenoxy) is 1. The second-order valence-electron chi connectivity index (χ2n) is 6.74. The zero-order valence-corrected chi connectivity index (χ0v) is 15.0. The van der Waals surface area contributed by atoms with E-state index in [1.165, 1.54) is 16.9 Å². The van der Waals surface area contributed by atoms with Gasteiger partial charge in [0.1, 0.15) is 29.7 Å². The van der Waals surface area contributed by atoms with Crippen molar-refractivity contribution < 1.29 is 28.8 Å². The van der Waals surface area contributed by atoms with Crippen molar-refractivity contribution in [3.05, 3.63) is 46.0 Å². The lowest BCUT2D eigenvalue weighted by molar-refractivity contribution is -0.389. The number of amides is 1. The molecule has 0 spiro atoms. The lowest BCUT2D eigenvalue weighted by Crippen LogP contribution is -2.44. The van der Waals surface area contributed by atoms with Crippen LogP contribution in [0.3, 0.4) is 0 Å². The Bertz CT molecular complexity index is 834. The third-order valence-electron chi connectivity index (χ3n) is 3.24. The number of hydrogen-bond donors (Lipinski definition) is 2. The van der Waals surface area contributed by atoms with E-state index in [0.717, 1.165) is 0 Å². The van der Waals surface area contributed by atoms with Gasteiger partial charge in [-0.2, -0.15) is 4.68 Å². The summed E-state index contributed by atoms with van der Waals surface area (Å²) in [6, 6.07) is 3.20. The number of nitrogens with zero attached hydrogens (tertiary/aromatic N) is 3. The minimum Gasteiger partial charge on any atom is -0.480 e. The van der Waals surface area contributed by atoms with Gasteiger partial charge in [-0.05, 0) is 37.8 Å². The third-order valence-corrected chi connectivity index (χ3v) is 3.24. The van der Waals surface area contributed by atoms with Crippen molar-refractivity contribution >= 4 is 17.9 Å². The van der Waals surface area contributed by atoms with Crippen LogP contribution >= 0.6 is 0 Å². The summed E-state index contributed by atoms with van der Waals surface area (Å²) in [5.74, 6) is -0.754. The van der Waals surface area contributed by atoms with E-state index < -0.39 is 28.6 Å². The van der Waals surface area contributed by atoms with Crippen molar-refractivity contribution in [2.45, 2.75) is 45.4 Å². The van der Waals surface area contributed by atoms with Crippen molar-refractivity contribution in [2.24, 2.45) is 0 Å². The Hall–Kier alpha value is -3.37. The fraction of sp³-hybridized carbons (Fsp3) is 0.438.